The van der Waals surface area contributed by atoms with Gasteiger partial charge in [-0.05, 0) is 47.6 Å². The van der Waals surface area contributed by atoms with Gasteiger partial charge >= 0.3 is 0 Å². The molecule has 0 nitrogen and oxygen atoms in total. The number of fused-ring (bicyclic) bond motifs is 1. The van der Waals surface area contributed by atoms with E-state index in [0.717, 1.165) is 0 Å². The minimum absolute atomic E-state index is 0. The molecule has 0 spiro atoms. The van der Waals surface area contributed by atoms with Gasteiger partial charge in [-0.2, -0.15) is 9.90 Å². The van der Waals surface area contributed by atoms with Crippen LogP contribution in [-0.4, -0.2) is 0 Å². The maximum Gasteiger partial charge on any atom is -0.0149 e. The molecule has 0 radical (unpaired) electrons. The first kappa shape index (κ1) is 24.2. The molecular formula is C26H43P. The zero-order valence-electron chi connectivity index (χ0n) is 18.1. The van der Waals surface area contributed by atoms with Gasteiger partial charge in [-0.1, -0.05) is 114 Å². The number of aryl methyl sites for hydroxylation is 2. The molecule has 0 heterocycles. The highest BCUT2D eigenvalue weighted by molar-refractivity contribution is 6.92. The summed E-state index contributed by atoms with van der Waals surface area (Å²) in [6.45, 7) is 4.59. The molecule has 0 saturated heterocycles. The molecule has 152 valence electrons. The van der Waals surface area contributed by atoms with E-state index in [2.05, 4.69) is 50.2 Å². The molecule has 0 amide bonds. The van der Waals surface area contributed by atoms with Gasteiger partial charge in [0.05, 0.1) is 0 Å². The summed E-state index contributed by atoms with van der Waals surface area (Å²) in [5, 5.41) is 2.92. The van der Waals surface area contributed by atoms with Gasteiger partial charge in [0.25, 0.3) is 0 Å². The van der Waals surface area contributed by atoms with Crippen molar-refractivity contribution in [2.45, 2.75) is 104 Å². The summed E-state index contributed by atoms with van der Waals surface area (Å²) in [6, 6.07) is 13.8. The largest absolute Gasteiger partial charge is 0.153 e. The third-order valence-electron chi connectivity index (χ3n) is 5.72. The fraction of sp³-hybridized carbons (Fsp3) is 0.615. The minimum atomic E-state index is 0. The number of rotatable bonds is 14. The van der Waals surface area contributed by atoms with Crippen molar-refractivity contribution in [1.29, 1.82) is 0 Å². The molecule has 0 bridgehead atoms. The van der Waals surface area contributed by atoms with E-state index in [1.54, 1.807) is 11.1 Å². The summed E-state index contributed by atoms with van der Waals surface area (Å²) in [5.41, 5.74) is 3.26. The van der Waals surface area contributed by atoms with Gasteiger partial charge in [0, 0.05) is 0 Å². The maximum atomic E-state index is 2.42. The first-order valence-electron chi connectivity index (χ1n) is 11.4. The predicted molar refractivity (Wildman–Crippen MR) is 129 cm³/mol. The summed E-state index contributed by atoms with van der Waals surface area (Å²) in [5.74, 6) is 0. The number of hydrogen-bond acceptors (Lipinski definition) is 0. The fourth-order valence-electron chi connectivity index (χ4n) is 4.09. The van der Waals surface area contributed by atoms with E-state index < -0.39 is 0 Å². The molecular weight excluding hydrogens is 343 g/mol. The van der Waals surface area contributed by atoms with Crippen LogP contribution in [0.3, 0.4) is 0 Å². The van der Waals surface area contributed by atoms with E-state index in [4.69, 9.17) is 0 Å². The van der Waals surface area contributed by atoms with Crippen LogP contribution in [0.25, 0.3) is 10.8 Å². The van der Waals surface area contributed by atoms with Crippen molar-refractivity contribution in [3.8, 4) is 0 Å². The van der Waals surface area contributed by atoms with Crippen molar-refractivity contribution in [3.05, 3.63) is 47.5 Å². The van der Waals surface area contributed by atoms with Crippen LogP contribution in [0.1, 0.15) is 102 Å². The van der Waals surface area contributed by atoms with Crippen LogP contribution >= 0.6 is 9.90 Å². The quantitative estimate of drug-likeness (QED) is 0.225. The van der Waals surface area contributed by atoms with Gasteiger partial charge in [-0.15, -0.1) is 0 Å². The van der Waals surface area contributed by atoms with Gasteiger partial charge in [0.1, 0.15) is 0 Å². The van der Waals surface area contributed by atoms with Gasteiger partial charge in [-0.25, -0.2) is 0 Å². The highest BCUT2D eigenvalue weighted by atomic mass is 31.0. The topological polar surface area (TPSA) is 0 Å². The average molecular weight is 387 g/mol. The molecule has 2 aromatic carbocycles. The Labute approximate surface area is 172 Å². The molecule has 0 aliphatic heterocycles. The van der Waals surface area contributed by atoms with E-state index in [9.17, 15) is 0 Å². The van der Waals surface area contributed by atoms with E-state index in [1.165, 1.54) is 101 Å². The summed E-state index contributed by atoms with van der Waals surface area (Å²) >= 11 is 0. The van der Waals surface area contributed by atoms with Crippen molar-refractivity contribution >= 4 is 20.7 Å². The molecule has 0 aromatic heterocycles. The lowest BCUT2D eigenvalue weighted by Gasteiger charge is -2.14. The van der Waals surface area contributed by atoms with Gasteiger partial charge in [0.2, 0.25) is 0 Å². The second-order valence-electron chi connectivity index (χ2n) is 7.96. The normalized spacial score (nSPS) is 10.9. The first-order chi connectivity index (χ1) is 12.9. The molecule has 0 aliphatic carbocycles. The van der Waals surface area contributed by atoms with Crippen molar-refractivity contribution < 1.29 is 0 Å². The third-order valence-corrected chi connectivity index (χ3v) is 5.72. The molecule has 1 heteroatoms. The van der Waals surface area contributed by atoms with Crippen LogP contribution in [0.4, 0.5) is 0 Å². The highest BCUT2D eigenvalue weighted by Gasteiger charge is 2.07. The van der Waals surface area contributed by atoms with Crippen molar-refractivity contribution in [1.82, 2.24) is 0 Å². The Kier molecular flexibility index (Phi) is 13.5. The van der Waals surface area contributed by atoms with Crippen LogP contribution in [0.5, 0.6) is 0 Å². The SMILES string of the molecule is CCCCCCCCc1ccc2ccccc2c1CCCCCCCC.P. The molecule has 0 saturated carbocycles. The maximum absolute atomic E-state index is 2.42. The van der Waals surface area contributed by atoms with E-state index in [0.29, 0.717) is 0 Å². The number of hydrogen-bond donors (Lipinski definition) is 0. The predicted octanol–water partition coefficient (Wildman–Crippen LogP) is 8.70. The number of unbranched alkanes of at least 4 members (excludes halogenated alkanes) is 10. The average Bonchev–Trinajstić information content (AvgIpc) is 2.68. The zero-order chi connectivity index (χ0) is 18.5. The van der Waals surface area contributed by atoms with Crippen LogP contribution in [-0.2, 0) is 12.8 Å². The first-order valence-corrected chi connectivity index (χ1v) is 11.4. The summed E-state index contributed by atoms with van der Waals surface area (Å²) in [6.07, 6.45) is 19.1. The monoisotopic (exact) mass is 386 g/mol. The Balaban J connectivity index is 0.00000364. The lowest BCUT2D eigenvalue weighted by atomic mass is 9.91. The molecule has 1 unspecified atom stereocenters. The standard InChI is InChI=1S/C26H40.H3P/c1-3-5-7-9-11-13-17-23-21-22-24-18-15-16-20-26(24)25(23)19-14-12-10-8-6-4-2;/h15-16,18,20-22H,3-14,17,19H2,1-2H3;1H3. The Morgan fingerprint density at radius 1 is 0.556 bits per heavy atom. The molecule has 0 N–H and O–H groups in total. The van der Waals surface area contributed by atoms with E-state index in [-0.39, 0.29) is 9.90 Å². The molecule has 0 fully saturated rings. The van der Waals surface area contributed by atoms with Crippen LogP contribution in [0, 0.1) is 0 Å². The van der Waals surface area contributed by atoms with Gasteiger partial charge in [0.15, 0.2) is 0 Å². The molecule has 2 rings (SSSR count). The van der Waals surface area contributed by atoms with E-state index >= 15 is 0 Å². The summed E-state index contributed by atoms with van der Waals surface area (Å²) < 4.78 is 0. The fourth-order valence-corrected chi connectivity index (χ4v) is 4.09. The van der Waals surface area contributed by atoms with Crippen molar-refractivity contribution in [2.75, 3.05) is 0 Å². The Bertz CT molecular complexity index is 617. The second-order valence-corrected chi connectivity index (χ2v) is 7.96. The molecule has 1 atom stereocenters. The van der Waals surface area contributed by atoms with Crippen LogP contribution < -0.4 is 0 Å². The van der Waals surface area contributed by atoms with Crippen molar-refractivity contribution in [2.24, 2.45) is 0 Å². The highest BCUT2D eigenvalue weighted by Crippen LogP contribution is 2.26. The molecule has 0 aliphatic rings. The molecule has 2 aromatic rings. The Morgan fingerprint density at radius 3 is 1.78 bits per heavy atom. The van der Waals surface area contributed by atoms with Crippen LogP contribution in [0.15, 0.2) is 36.4 Å². The zero-order valence-corrected chi connectivity index (χ0v) is 19.5. The molecule has 27 heavy (non-hydrogen) atoms. The van der Waals surface area contributed by atoms with E-state index in [1.807, 2.05) is 0 Å². The summed E-state index contributed by atoms with van der Waals surface area (Å²) in [4.78, 5) is 0. The lowest BCUT2D eigenvalue weighted by molar-refractivity contribution is 0.600. The van der Waals surface area contributed by atoms with Gasteiger partial charge in [-0.3, -0.25) is 0 Å². The number of benzene rings is 2. The lowest BCUT2D eigenvalue weighted by Crippen LogP contribution is -1.97. The Hall–Kier alpha value is -0.870. The summed E-state index contributed by atoms with van der Waals surface area (Å²) in [7, 11) is 0. The van der Waals surface area contributed by atoms with Crippen molar-refractivity contribution in [3.63, 3.8) is 0 Å². The Morgan fingerprint density at radius 2 is 1.11 bits per heavy atom. The van der Waals surface area contributed by atoms with Gasteiger partial charge < -0.3 is 0 Å². The van der Waals surface area contributed by atoms with Crippen LogP contribution in [0.2, 0.25) is 0 Å². The smallest absolute Gasteiger partial charge is 0.0149 e. The third kappa shape index (κ3) is 8.78. The second kappa shape index (κ2) is 15.1. The minimum Gasteiger partial charge on any atom is -0.153 e.